The highest BCUT2D eigenvalue weighted by molar-refractivity contribution is 9.10. The molecule has 0 saturated heterocycles. The Morgan fingerprint density at radius 2 is 2.42 bits per heavy atom. The van der Waals surface area contributed by atoms with Crippen LogP contribution in [0, 0.1) is 0 Å². The molecule has 0 bridgehead atoms. The topological polar surface area (TPSA) is 39.4 Å². The van der Waals surface area contributed by atoms with Crippen LogP contribution in [0.2, 0.25) is 0 Å². The Kier molecular flexibility index (Phi) is 3.10. The maximum Gasteiger partial charge on any atom is 0.330 e. The van der Waals surface area contributed by atoms with Gasteiger partial charge in [0.05, 0.1) is 7.11 Å². The number of methoxy groups -OCH3 is 1. The maximum absolute atomic E-state index is 10.6. The van der Waals surface area contributed by atoms with E-state index < -0.39 is 5.97 Å². The number of furan rings is 1. The van der Waals surface area contributed by atoms with Crippen molar-refractivity contribution in [3.8, 4) is 0 Å². The lowest BCUT2D eigenvalue weighted by Crippen LogP contribution is -1.92. The van der Waals surface area contributed by atoms with Gasteiger partial charge in [-0.05, 0) is 34.1 Å². The molecular weight excluding hydrogens is 224 g/mol. The van der Waals surface area contributed by atoms with Gasteiger partial charge in [0, 0.05) is 6.08 Å². The van der Waals surface area contributed by atoms with Crippen LogP contribution in [0.5, 0.6) is 0 Å². The number of ether oxygens (including phenoxy) is 1. The number of hydrogen-bond donors (Lipinski definition) is 0. The van der Waals surface area contributed by atoms with Crippen LogP contribution >= 0.6 is 15.9 Å². The molecule has 0 aromatic carbocycles. The van der Waals surface area contributed by atoms with Gasteiger partial charge < -0.3 is 9.15 Å². The maximum atomic E-state index is 10.6. The molecule has 4 heteroatoms. The van der Waals surface area contributed by atoms with Crippen molar-refractivity contribution in [1.29, 1.82) is 0 Å². The average Bonchev–Trinajstić information content (AvgIpc) is 2.47. The third-order valence-electron chi connectivity index (χ3n) is 1.18. The molecule has 12 heavy (non-hydrogen) atoms. The van der Waals surface area contributed by atoms with E-state index >= 15 is 0 Å². The fraction of sp³-hybridized carbons (Fsp3) is 0.125. The van der Waals surface area contributed by atoms with E-state index in [4.69, 9.17) is 4.42 Å². The van der Waals surface area contributed by atoms with Crippen LogP contribution in [0.4, 0.5) is 0 Å². The summed E-state index contributed by atoms with van der Waals surface area (Å²) in [6, 6.07) is 3.49. The minimum Gasteiger partial charge on any atom is -0.466 e. The molecule has 1 heterocycles. The number of esters is 1. The van der Waals surface area contributed by atoms with Crippen LogP contribution in [0.15, 0.2) is 27.3 Å². The summed E-state index contributed by atoms with van der Waals surface area (Å²) in [5.74, 6) is 0.204. The summed E-state index contributed by atoms with van der Waals surface area (Å²) in [6.07, 6.45) is 2.84. The highest BCUT2D eigenvalue weighted by Crippen LogP contribution is 2.14. The van der Waals surface area contributed by atoms with Crippen molar-refractivity contribution in [2.24, 2.45) is 0 Å². The third kappa shape index (κ3) is 2.54. The Morgan fingerprint density at radius 1 is 1.67 bits per heavy atom. The predicted molar refractivity (Wildman–Crippen MR) is 47.5 cm³/mol. The van der Waals surface area contributed by atoms with Gasteiger partial charge in [-0.3, -0.25) is 0 Å². The van der Waals surface area contributed by atoms with E-state index in [0.29, 0.717) is 10.4 Å². The number of carbonyl (C=O) groups excluding carboxylic acids is 1. The molecule has 3 nitrogen and oxygen atoms in total. The zero-order valence-corrected chi connectivity index (χ0v) is 8.00. The van der Waals surface area contributed by atoms with E-state index in [-0.39, 0.29) is 0 Å². The van der Waals surface area contributed by atoms with Crippen LogP contribution in [-0.2, 0) is 9.53 Å². The fourth-order valence-electron chi connectivity index (χ4n) is 0.636. The van der Waals surface area contributed by atoms with Gasteiger partial charge >= 0.3 is 5.97 Å². The van der Waals surface area contributed by atoms with E-state index in [1.807, 2.05) is 0 Å². The quantitative estimate of drug-likeness (QED) is 0.578. The van der Waals surface area contributed by atoms with Gasteiger partial charge in [0.15, 0.2) is 4.67 Å². The first kappa shape index (κ1) is 9.06. The third-order valence-corrected chi connectivity index (χ3v) is 1.61. The normalized spacial score (nSPS) is 10.5. The summed E-state index contributed by atoms with van der Waals surface area (Å²) in [4.78, 5) is 10.6. The first-order chi connectivity index (χ1) is 5.72. The van der Waals surface area contributed by atoms with Crippen molar-refractivity contribution in [2.75, 3.05) is 7.11 Å². The van der Waals surface area contributed by atoms with Crippen LogP contribution in [0.3, 0.4) is 0 Å². The van der Waals surface area contributed by atoms with Crippen LogP contribution in [0.25, 0.3) is 6.08 Å². The first-order valence-electron chi connectivity index (χ1n) is 3.24. The zero-order chi connectivity index (χ0) is 8.97. The zero-order valence-electron chi connectivity index (χ0n) is 6.41. The van der Waals surface area contributed by atoms with E-state index in [1.54, 1.807) is 12.1 Å². The summed E-state index contributed by atoms with van der Waals surface area (Å²) in [5, 5.41) is 0. The van der Waals surface area contributed by atoms with Crippen molar-refractivity contribution < 1.29 is 13.9 Å². The van der Waals surface area contributed by atoms with Gasteiger partial charge in [-0.25, -0.2) is 4.79 Å². The van der Waals surface area contributed by atoms with E-state index in [9.17, 15) is 4.79 Å². The number of hydrogen-bond acceptors (Lipinski definition) is 3. The Hall–Kier alpha value is -1.03. The minimum absolute atomic E-state index is 0.400. The van der Waals surface area contributed by atoms with Crippen LogP contribution in [0.1, 0.15) is 5.76 Å². The summed E-state index contributed by atoms with van der Waals surface area (Å²) >= 11 is 3.14. The number of rotatable bonds is 2. The predicted octanol–water partition coefficient (Wildman–Crippen LogP) is 2.23. The van der Waals surface area contributed by atoms with E-state index in [2.05, 4.69) is 20.7 Å². The average molecular weight is 231 g/mol. The van der Waals surface area contributed by atoms with Gasteiger partial charge in [-0.2, -0.15) is 0 Å². The SMILES string of the molecule is COC(=O)/C=C/c1ccc(Br)o1. The van der Waals surface area contributed by atoms with Crippen LogP contribution in [-0.4, -0.2) is 13.1 Å². The number of carbonyl (C=O) groups is 1. The molecule has 0 fully saturated rings. The standard InChI is InChI=1S/C8H7BrO3/c1-11-8(10)5-3-6-2-4-7(9)12-6/h2-5H,1H3/b5-3+. The van der Waals surface area contributed by atoms with Gasteiger partial charge in [0.2, 0.25) is 0 Å². The van der Waals surface area contributed by atoms with E-state index in [0.717, 1.165) is 0 Å². The second-order valence-electron chi connectivity index (χ2n) is 2.00. The molecule has 0 aliphatic carbocycles. The molecule has 1 aromatic rings. The van der Waals surface area contributed by atoms with Crippen LogP contribution < -0.4 is 0 Å². The minimum atomic E-state index is -0.400. The molecule has 0 N–H and O–H groups in total. The molecule has 0 aliphatic rings. The largest absolute Gasteiger partial charge is 0.466 e. The van der Waals surface area contributed by atoms with E-state index in [1.165, 1.54) is 19.3 Å². The van der Waals surface area contributed by atoms with Crippen molar-refractivity contribution in [1.82, 2.24) is 0 Å². The molecule has 0 atom stereocenters. The molecule has 0 aliphatic heterocycles. The molecule has 0 radical (unpaired) electrons. The summed E-state index contributed by atoms with van der Waals surface area (Å²) < 4.78 is 10.1. The van der Waals surface area contributed by atoms with Gasteiger partial charge in [-0.1, -0.05) is 0 Å². The van der Waals surface area contributed by atoms with Crippen molar-refractivity contribution in [2.45, 2.75) is 0 Å². The lowest BCUT2D eigenvalue weighted by molar-refractivity contribution is -0.134. The second kappa shape index (κ2) is 4.11. The molecule has 0 saturated carbocycles. The fourth-order valence-corrected chi connectivity index (χ4v) is 0.955. The molecule has 0 spiro atoms. The van der Waals surface area contributed by atoms with Gasteiger partial charge in [0.25, 0.3) is 0 Å². The lowest BCUT2D eigenvalue weighted by atomic mass is 10.4. The van der Waals surface area contributed by atoms with Crippen molar-refractivity contribution in [3.63, 3.8) is 0 Å². The Labute approximate surface area is 78.1 Å². The Morgan fingerprint density at radius 3 is 2.92 bits per heavy atom. The van der Waals surface area contributed by atoms with Gasteiger partial charge in [-0.15, -0.1) is 0 Å². The van der Waals surface area contributed by atoms with Gasteiger partial charge in [0.1, 0.15) is 5.76 Å². The number of halogens is 1. The van der Waals surface area contributed by atoms with Crippen molar-refractivity contribution in [3.05, 3.63) is 28.6 Å². The molecular formula is C8H7BrO3. The Balaban J connectivity index is 2.63. The second-order valence-corrected chi connectivity index (χ2v) is 2.78. The smallest absolute Gasteiger partial charge is 0.330 e. The molecule has 1 rings (SSSR count). The summed E-state index contributed by atoms with van der Waals surface area (Å²) in [7, 11) is 1.32. The van der Waals surface area contributed by atoms with Crippen molar-refractivity contribution >= 4 is 28.0 Å². The summed E-state index contributed by atoms with van der Waals surface area (Å²) in [5.41, 5.74) is 0. The summed E-state index contributed by atoms with van der Waals surface area (Å²) in [6.45, 7) is 0. The first-order valence-corrected chi connectivity index (χ1v) is 4.03. The molecule has 1 aromatic heterocycles. The highest BCUT2D eigenvalue weighted by atomic mass is 79.9. The molecule has 0 amide bonds. The lowest BCUT2D eigenvalue weighted by Gasteiger charge is -1.87. The highest BCUT2D eigenvalue weighted by Gasteiger charge is 1.95. The Bertz CT molecular complexity index is 301. The monoisotopic (exact) mass is 230 g/mol. The molecule has 0 unspecified atom stereocenters. The molecule has 64 valence electrons.